The molecule has 0 saturated carbocycles. The predicted molar refractivity (Wildman–Crippen MR) is 67.5 cm³/mol. The van der Waals surface area contributed by atoms with Crippen LogP contribution in [-0.2, 0) is 4.79 Å². The van der Waals surface area contributed by atoms with Crippen molar-refractivity contribution in [1.82, 2.24) is 4.90 Å². The molecule has 0 radical (unpaired) electrons. The number of rotatable bonds is 5. The largest absolute Gasteiger partial charge is 0.380 e. The maximum absolute atomic E-state index is 13.6. The number of nitrogens with zero attached hydrogens (tertiary/aromatic N) is 1. The van der Waals surface area contributed by atoms with Gasteiger partial charge in [0.25, 0.3) is 0 Å². The Morgan fingerprint density at radius 1 is 1.33 bits per heavy atom. The molecule has 0 aliphatic rings. The van der Waals surface area contributed by atoms with Gasteiger partial charge in [-0.2, -0.15) is 0 Å². The van der Waals surface area contributed by atoms with Crippen molar-refractivity contribution in [1.29, 1.82) is 0 Å². The van der Waals surface area contributed by atoms with E-state index in [1.54, 1.807) is 21.0 Å². The molecule has 0 atom stereocenters. The van der Waals surface area contributed by atoms with Gasteiger partial charge >= 0.3 is 0 Å². The molecule has 18 heavy (non-hydrogen) atoms. The van der Waals surface area contributed by atoms with Crippen molar-refractivity contribution in [2.45, 2.75) is 19.8 Å². The van der Waals surface area contributed by atoms with E-state index in [2.05, 4.69) is 5.32 Å². The average Bonchev–Trinajstić information content (AvgIpc) is 2.32. The Labute approximate surface area is 106 Å². The minimum absolute atomic E-state index is 0.00184. The zero-order valence-corrected chi connectivity index (χ0v) is 10.9. The monoisotopic (exact) mass is 256 g/mol. The van der Waals surface area contributed by atoms with E-state index in [0.29, 0.717) is 24.9 Å². The van der Waals surface area contributed by atoms with Crippen LogP contribution < -0.4 is 5.32 Å². The molecule has 0 spiro atoms. The number of anilines is 1. The third-order valence-electron chi connectivity index (χ3n) is 2.65. The summed E-state index contributed by atoms with van der Waals surface area (Å²) < 4.78 is 27.0. The Morgan fingerprint density at radius 3 is 2.61 bits per heavy atom. The normalized spacial score (nSPS) is 10.3. The first-order valence-corrected chi connectivity index (χ1v) is 5.82. The molecule has 1 N–H and O–H groups in total. The molecule has 1 aromatic rings. The van der Waals surface area contributed by atoms with Crippen molar-refractivity contribution in [3.05, 3.63) is 29.3 Å². The number of benzene rings is 1. The van der Waals surface area contributed by atoms with Gasteiger partial charge in [0.15, 0.2) is 5.82 Å². The van der Waals surface area contributed by atoms with Gasteiger partial charge in [-0.1, -0.05) is 6.07 Å². The molecule has 0 aliphatic carbocycles. The van der Waals surface area contributed by atoms with Crippen LogP contribution in [0, 0.1) is 18.6 Å². The average molecular weight is 256 g/mol. The van der Waals surface area contributed by atoms with E-state index in [-0.39, 0.29) is 11.6 Å². The van der Waals surface area contributed by atoms with Gasteiger partial charge in [0.1, 0.15) is 11.5 Å². The van der Waals surface area contributed by atoms with Crippen molar-refractivity contribution < 1.29 is 13.6 Å². The zero-order chi connectivity index (χ0) is 13.7. The van der Waals surface area contributed by atoms with Crippen LogP contribution in [0.3, 0.4) is 0 Å². The molecule has 0 aliphatic heterocycles. The van der Waals surface area contributed by atoms with Crippen molar-refractivity contribution in [2.75, 3.05) is 26.0 Å². The molecule has 5 heteroatoms. The van der Waals surface area contributed by atoms with E-state index in [1.807, 2.05) is 0 Å². The summed E-state index contributed by atoms with van der Waals surface area (Å²) in [5, 5.41) is 2.70. The van der Waals surface area contributed by atoms with Gasteiger partial charge in [-0.3, -0.25) is 4.79 Å². The van der Waals surface area contributed by atoms with E-state index in [4.69, 9.17) is 0 Å². The fourth-order valence-electron chi connectivity index (χ4n) is 1.50. The number of hydrogen-bond donors (Lipinski definition) is 1. The summed E-state index contributed by atoms with van der Waals surface area (Å²) in [6.07, 6.45) is 0.888. The molecule has 0 unspecified atom stereocenters. The van der Waals surface area contributed by atoms with Gasteiger partial charge in [-0.05, 0) is 25.0 Å². The summed E-state index contributed by atoms with van der Waals surface area (Å²) in [6, 6.07) is 2.62. The maximum Gasteiger partial charge on any atom is 0.222 e. The first-order valence-electron chi connectivity index (χ1n) is 5.82. The van der Waals surface area contributed by atoms with Gasteiger partial charge in [0, 0.05) is 27.1 Å². The highest BCUT2D eigenvalue weighted by Crippen LogP contribution is 2.21. The van der Waals surface area contributed by atoms with E-state index in [9.17, 15) is 13.6 Å². The Morgan fingerprint density at radius 2 is 2.00 bits per heavy atom. The number of carbonyl (C=O) groups excluding carboxylic acids is 1. The molecule has 3 nitrogen and oxygen atoms in total. The van der Waals surface area contributed by atoms with Crippen molar-refractivity contribution in [3.8, 4) is 0 Å². The Balaban J connectivity index is 2.50. The molecule has 0 aromatic heterocycles. The third kappa shape index (κ3) is 3.68. The maximum atomic E-state index is 13.6. The fourth-order valence-corrected chi connectivity index (χ4v) is 1.50. The van der Waals surface area contributed by atoms with Gasteiger partial charge in [0.05, 0.1) is 0 Å². The van der Waals surface area contributed by atoms with Crippen LogP contribution in [0.25, 0.3) is 0 Å². The second-order valence-electron chi connectivity index (χ2n) is 4.37. The van der Waals surface area contributed by atoms with E-state index in [0.717, 1.165) is 0 Å². The Hall–Kier alpha value is -1.65. The minimum Gasteiger partial charge on any atom is -0.380 e. The highest BCUT2D eigenvalue weighted by molar-refractivity contribution is 5.75. The number of nitrogens with one attached hydrogen (secondary N) is 1. The summed E-state index contributed by atoms with van der Waals surface area (Å²) in [5.74, 6) is -1.19. The van der Waals surface area contributed by atoms with Crippen molar-refractivity contribution in [2.24, 2.45) is 0 Å². The standard InChI is InChI=1S/C13H18F2N2O/c1-9-6-7-10(14)13(12(9)15)16-8-4-5-11(18)17(2)3/h6-7,16H,4-5,8H2,1-3H3. The molecule has 0 heterocycles. The lowest BCUT2D eigenvalue weighted by Gasteiger charge is -2.12. The van der Waals surface area contributed by atoms with Gasteiger partial charge in [-0.15, -0.1) is 0 Å². The Kier molecular flexibility index (Phi) is 5.07. The lowest BCUT2D eigenvalue weighted by atomic mass is 10.2. The molecule has 0 fully saturated rings. The summed E-state index contributed by atoms with van der Waals surface area (Å²) >= 11 is 0. The minimum atomic E-state index is -0.614. The summed E-state index contributed by atoms with van der Waals surface area (Å²) in [6.45, 7) is 1.94. The van der Waals surface area contributed by atoms with Crippen LogP contribution in [-0.4, -0.2) is 31.4 Å². The van der Waals surface area contributed by atoms with Gasteiger partial charge in [0.2, 0.25) is 5.91 Å². The lowest BCUT2D eigenvalue weighted by Crippen LogP contribution is -2.22. The van der Waals surface area contributed by atoms with Crippen LogP contribution in [0.5, 0.6) is 0 Å². The number of halogens is 2. The van der Waals surface area contributed by atoms with E-state index < -0.39 is 11.6 Å². The first kappa shape index (κ1) is 14.4. The van der Waals surface area contributed by atoms with Crippen LogP contribution >= 0.6 is 0 Å². The molecular weight excluding hydrogens is 238 g/mol. The zero-order valence-electron chi connectivity index (χ0n) is 10.9. The van der Waals surface area contributed by atoms with Crippen molar-refractivity contribution in [3.63, 3.8) is 0 Å². The number of hydrogen-bond acceptors (Lipinski definition) is 2. The highest BCUT2D eigenvalue weighted by atomic mass is 19.1. The second kappa shape index (κ2) is 6.33. The SMILES string of the molecule is Cc1ccc(F)c(NCCCC(=O)N(C)C)c1F. The second-order valence-corrected chi connectivity index (χ2v) is 4.37. The summed E-state index contributed by atoms with van der Waals surface area (Å²) in [7, 11) is 3.35. The topological polar surface area (TPSA) is 32.3 Å². The third-order valence-corrected chi connectivity index (χ3v) is 2.65. The van der Waals surface area contributed by atoms with Crippen LogP contribution in [0.4, 0.5) is 14.5 Å². The summed E-state index contributed by atoms with van der Waals surface area (Å²) in [5.41, 5.74) is 0.274. The fraction of sp³-hybridized carbons (Fsp3) is 0.462. The van der Waals surface area contributed by atoms with E-state index >= 15 is 0 Å². The van der Waals surface area contributed by atoms with Crippen molar-refractivity contribution >= 4 is 11.6 Å². The number of carbonyl (C=O) groups is 1. The molecule has 0 saturated heterocycles. The smallest absolute Gasteiger partial charge is 0.222 e. The van der Waals surface area contributed by atoms with Gasteiger partial charge < -0.3 is 10.2 Å². The lowest BCUT2D eigenvalue weighted by molar-refractivity contribution is -0.128. The van der Waals surface area contributed by atoms with Crippen LogP contribution in [0.15, 0.2) is 12.1 Å². The highest BCUT2D eigenvalue weighted by Gasteiger charge is 2.11. The molecule has 1 amide bonds. The molecule has 1 aromatic carbocycles. The van der Waals surface area contributed by atoms with Crippen LogP contribution in [0.1, 0.15) is 18.4 Å². The molecule has 100 valence electrons. The Bertz CT molecular complexity index is 433. The van der Waals surface area contributed by atoms with Gasteiger partial charge in [-0.25, -0.2) is 8.78 Å². The molecular formula is C13H18F2N2O. The predicted octanol–water partition coefficient (Wildman–Crippen LogP) is 2.55. The first-order chi connectivity index (χ1) is 8.43. The number of aryl methyl sites for hydroxylation is 1. The van der Waals surface area contributed by atoms with E-state index in [1.165, 1.54) is 17.0 Å². The quantitative estimate of drug-likeness (QED) is 0.821. The molecule has 1 rings (SSSR count). The number of amides is 1. The van der Waals surface area contributed by atoms with Crippen LogP contribution in [0.2, 0.25) is 0 Å². The summed E-state index contributed by atoms with van der Waals surface area (Å²) in [4.78, 5) is 12.8. The molecule has 0 bridgehead atoms.